The van der Waals surface area contributed by atoms with Gasteiger partial charge in [-0.25, -0.2) is 13.9 Å². The summed E-state index contributed by atoms with van der Waals surface area (Å²) in [6.07, 6.45) is 1.41. The highest BCUT2D eigenvalue weighted by Crippen LogP contribution is 2.16. The summed E-state index contributed by atoms with van der Waals surface area (Å²) in [5.41, 5.74) is 0.550. The Kier molecular flexibility index (Phi) is 3.71. The first-order valence-electron chi connectivity index (χ1n) is 5.02. The van der Waals surface area contributed by atoms with Gasteiger partial charge < -0.3 is 4.74 Å². The molecule has 0 saturated heterocycles. The summed E-state index contributed by atoms with van der Waals surface area (Å²) in [5.74, 6) is -0.919. The van der Waals surface area contributed by atoms with Crippen molar-refractivity contribution in [2.24, 2.45) is 0 Å². The number of aromatic nitrogens is 3. The van der Waals surface area contributed by atoms with Crippen molar-refractivity contribution in [1.29, 1.82) is 0 Å². The minimum absolute atomic E-state index is 0.0926. The average Bonchev–Trinajstić information content (AvgIpc) is 2.80. The van der Waals surface area contributed by atoms with E-state index < -0.39 is 5.97 Å². The Balaban J connectivity index is 2.18. The molecule has 94 valence electrons. The third-order valence-corrected chi connectivity index (χ3v) is 2.77. The lowest BCUT2D eigenvalue weighted by Crippen LogP contribution is -2.03. The molecule has 18 heavy (non-hydrogen) atoms. The molecule has 2 rings (SSSR count). The molecular weight excluding hydrogens is 305 g/mol. The van der Waals surface area contributed by atoms with Crippen LogP contribution < -0.4 is 0 Å². The van der Waals surface area contributed by atoms with Gasteiger partial charge in [-0.15, -0.1) is 5.10 Å². The normalized spacial score (nSPS) is 10.4. The van der Waals surface area contributed by atoms with Crippen LogP contribution in [0.2, 0.25) is 0 Å². The summed E-state index contributed by atoms with van der Waals surface area (Å²) in [4.78, 5) is 11.2. The second-order valence-electron chi connectivity index (χ2n) is 3.53. The first-order chi connectivity index (χ1) is 8.60. The number of ether oxygens (including phenoxy) is 1. The number of esters is 1. The summed E-state index contributed by atoms with van der Waals surface area (Å²) in [7, 11) is 1.26. The fraction of sp³-hybridized carbons (Fsp3) is 0.182. The molecule has 0 atom stereocenters. The lowest BCUT2D eigenvalue weighted by molar-refractivity contribution is 0.0594. The zero-order valence-corrected chi connectivity index (χ0v) is 11.0. The van der Waals surface area contributed by atoms with E-state index >= 15 is 0 Å². The molecule has 2 aromatic rings. The van der Waals surface area contributed by atoms with E-state index in [1.54, 1.807) is 12.1 Å². The Morgan fingerprint density at radius 2 is 2.33 bits per heavy atom. The van der Waals surface area contributed by atoms with Crippen molar-refractivity contribution in [3.8, 4) is 0 Å². The molecule has 0 bridgehead atoms. The molecule has 0 N–H and O–H groups in total. The maximum Gasteiger partial charge on any atom is 0.360 e. The lowest BCUT2D eigenvalue weighted by atomic mass is 10.2. The van der Waals surface area contributed by atoms with E-state index in [4.69, 9.17) is 0 Å². The van der Waals surface area contributed by atoms with E-state index in [2.05, 4.69) is 31.0 Å². The molecule has 1 aromatic carbocycles. The van der Waals surface area contributed by atoms with E-state index in [1.165, 1.54) is 24.1 Å². The predicted octanol–water partition coefficient (Wildman–Crippen LogP) is 2.01. The van der Waals surface area contributed by atoms with Crippen LogP contribution in [0.25, 0.3) is 0 Å². The molecule has 0 fully saturated rings. The maximum absolute atomic E-state index is 13.6. The number of rotatable bonds is 3. The summed E-state index contributed by atoms with van der Waals surface area (Å²) >= 11 is 3.18. The predicted molar refractivity (Wildman–Crippen MR) is 64.6 cm³/mol. The van der Waals surface area contributed by atoms with Crippen molar-refractivity contribution in [3.63, 3.8) is 0 Å². The third kappa shape index (κ3) is 2.73. The molecule has 0 radical (unpaired) electrons. The molecule has 1 aromatic heterocycles. The largest absolute Gasteiger partial charge is 0.464 e. The van der Waals surface area contributed by atoms with Gasteiger partial charge in [0.15, 0.2) is 5.69 Å². The summed E-state index contributed by atoms with van der Waals surface area (Å²) in [6, 6.07) is 4.74. The molecule has 0 unspecified atom stereocenters. The SMILES string of the molecule is COC(=O)c1cn(Cc2ccc(Br)cc2F)nn1. The Morgan fingerprint density at radius 1 is 1.56 bits per heavy atom. The Labute approximate surface area is 111 Å². The van der Waals surface area contributed by atoms with Crippen molar-refractivity contribution < 1.29 is 13.9 Å². The van der Waals surface area contributed by atoms with Gasteiger partial charge in [0.2, 0.25) is 0 Å². The first-order valence-corrected chi connectivity index (χ1v) is 5.82. The number of methoxy groups -OCH3 is 1. The quantitative estimate of drug-likeness (QED) is 0.813. The second-order valence-corrected chi connectivity index (χ2v) is 4.44. The number of carbonyl (C=O) groups excluding carboxylic acids is 1. The van der Waals surface area contributed by atoms with Crippen LogP contribution in [0, 0.1) is 5.82 Å². The highest BCUT2D eigenvalue weighted by molar-refractivity contribution is 9.10. The van der Waals surface area contributed by atoms with Gasteiger partial charge in [0.1, 0.15) is 5.82 Å². The summed E-state index contributed by atoms with van der Waals surface area (Å²) in [6.45, 7) is 0.198. The number of hydrogen-bond acceptors (Lipinski definition) is 4. The van der Waals surface area contributed by atoms with E-state index in [-0.39, 0.29) is 18.1 Å². The smallest absolute Gasteiger partial charge is 0.360 e. The van der Waals surface area contributed by atoms with Crippen LogP contribution >= 0.6 is 15.9 Å². The maximum atomic E-state index is 13.6. The monoisotopic (exact) mass is 313 g/mol. The van der Waals surface area contributed by atoms with Crippen LogP contribution in [0.5, 0.6) is 0 Å². The molecule has 0 saturated carbocycles. The molecule has 7 heteroatoms. The van der Waals surface area contributed by atoms with Gasteiger partial charge in [-0.05, 0) is 12.1 Å². The Bertz CT molecular complexity index is 585. The van der Waals surface area contributed by atoms with E-state index in [9.17, 15) is 9.18 Å². The number of nitrogens with zero attached hydrogens (tertiary/aromatic N) is 3. The van der Waals surface area contributed by atoms with Crippen LogP contribution in [0.3, 0.4) is 0 Å². The Morgan fingerprint density at radius 3 is 3.00 bits per heavy atom. The molecule has 0 amide bonds. The molecule has 5 nitrogen and oxygen atoms in total. The van der Waals surface area contributed by atoms with Crippen LogP contribution in [-0.4, -0.2) is 28.1 Å². The van der Waals surface area contributed by atoms with Gasteiger partial charge in [0.25, 0.3) is 0 Å². The van der Waals surface area contributed by atoms with E-state index in [0.29, 0.717) is 10.0 Å². The molecule has 0 spiro atoms. The van der Waals surface area contributed by atoms with Crippen LogP contribution in [0.4, 0.5) is 4.39 Å². The van der Waals surface area contributed by atoms with Crippen LogP contribution in [0.15, 0.2) is 28.9 Å². The van der Waals surface area contributed by atoms with Crippen molar-refractivity contribution >= 4 is 21.9 Å². The van der Waals surface area contributed by atoms with Gasteiger partial charge in [0, 0.05) is 10.0 Å². The number of benzene rings is 1. The third-order valence-electron chi connectivity index (χ3n) is 2.28. The van der Waals surface area contributed by atoms with Gasteiger partial charge in [-0.1, -0.05) is 27.2 Å². The molecule has 0 aliphatic carbocycles. The van der Waals surface area contributed by atoms with Crippen molar-refractivity contribution in [2.75, 3.05) is 7.11 Å². The summed E-state index contributed by atoms with van der Waals surface area (Å²) in [5, 5.41) is 7.37. The van der Waals surface area contributed by atoms with Crippen molar-refractivity contribution in [2.45, 2.75) is 6.54 Å². The average molecular weight is 314 g/mol. The topological polar surface area (TPSA) is 57.0 Å². The number of hydrogen-bond donors (Lipinski definition) is 0. The highest BCUT2D eigenvalue weighted by Gasteiger charge is 2.11. The van der Waals surface area contributed by atoms with E-state index in [1.807, 2.05) is 0 Å². The molecular formula is C11H9BrFN3O2. The van der Waals surface area contributed by atoms with E-state index in [0.717, 1.165) is 0 Å². The zero-order valence-electron chi connectivity index (χ0n) is 9.43. The van der Waals surface area contributed by atoms with Gasteiger partial charge in [-0.2, -0.15) is 0 Å². The lowest BCUT2D eigenvalue weighted by Gasteiger charge is -2.02. The van der Waals surface area contributed by atoms with Gasteiger partial charge >= 0.3 is 5.97 Å². The fourth-order valence-electron chi connectivity index (χ4n) is 1.40. The zero-order chi connectivity index (χ0) is 13.1. The van der Waals surface area contributed by atoms with Crippen LogP contribution in [0.1, 0.15) is 16.1 Å². The summed E-state index contributed by atoms with van der Waals surface area (Å²) < 4.78 is 20.1. The first kappa shape index (κ1) is 12.7. The Hall–Kier alpha value is -1.76. The van der Waals surface area contributed by atoms with Crippen LogP contribution in [-0.2, 0) is 11.3 Å². The second kappa shape index (κ2) is 5.26. The molecule has 0 aliphatic heterocycles. The molecule has 0 aliphatic rings. The minimum atomic E-state index is -0.572. The standard InChI is InChI=1S/C11H9BrFN3O2/c1-18-11(17)10-6-16(15-14-10)5-7-2-3-8(12)4-9(7)13/h2-4,6H,5H2,1H3. The van der Waals surface area contributed by atoms with Gasteiger partial charge in [0.05, 0.1) is 19.9 Å². The van der Waals surface area contributed by atoms with Crippen molar-refractivity contribution in [3.05, 3.63) is 45.9 Å². The number of carbonyl (C=O) groups is 1. The fourth-order valence-corrected chi connectivity index (χ4v) is 1.73. The van der Waals surface area contributed by atoms with Crippen molar-refractivity contribution in [1.82, 2.24) is 15.0 Å². The number of halogens is 2. The molecule has 1 heterocycles. The van der Waals surface area contributed by atoms with Gasteiger partial charge in [-0.3, -0.25) is 0 Å². The highest BCUT2D eigenvalue weighted by atomic mass is 79.9. The minimum Gasteiger partial charge on any atom is -0.464 e.